The minimum atomic E-state index is -1.25. The first kappa shape index (κ1) is 23.9. The first-order chi connectivity index (χ1) is 15.6. The van der Waals surface area contributed by atoms with Gasteiger partial charge in [-0.15, -0.1) is 0 Å². The van der Waals surface area contributed by atoms with Crippen molar-refractivity contribution in [3.05, 3.63) is 72.4 Å². The van der Waals surface area contributed by atoms with Gasteiger partial charge in [-0.2, -0.15) is 0 Å². The molecule has 9 atom stereocenters. The van der Waals surface area contributed by atoms with Gasteiger partial charge in [0.05, 0.1) is 23.2 Å². The third-order valence-electron chi connectivity index (χ3n) is 8.16. The second kappa shape index (κ2) is 8.86. The Labute approximate surface area is 196 Å². The van der Waals surface area contributed by atoms with Crippen molar-refractivity contribution in [3.8, 4) is 0 Å². The molecule has 5 heteroatoms. The molecule has 4 rings (SSSR count). The first-order valence-electron chi connectivity index (χ1n) is 12.1. The molecule has 4 N–H and O–H groups in total. The Morgan fingerprint density at radius 3 is 2.55 bits per heavy atom. The van der Waals surface area contributed by atoms with Crippen molar-refractivity contribution in [3.63, 3.8) is 0 Å². The van der Waals surface area contributed by atoms with Crippen molar-refractivity contribution < 1.29 is 20.1 Å². The zero-order chi connectivity index (χ0) is 24.0. The van der Waals surface area contributed by atoms with Gasteiger partial charge in [0.15, 0.2) is 0 Å². The molecular formula is C28H37NO4. The van der Waals surface area contributed by atoms with Crippen molar-refractivity contribution in [2.75, 3.05) is 0 Å². The summed E-state index contributed by atoms with van der Waals surface area (Å²) in [5.74, 6) is -1.09. The summed E-state index contributed by atoms with van der Waals surface area (Å²) >= 11 is 0. The average molecular weight is 452 g/mol. The fourth-order valence-corrected chi connectivity index (χ4v) is 6.61. The summed E-state index contributed by atoms with van der Waals surface area (Å²) in [6.45, 7) is 10.00. The summed E-state index contributed by atoms with van der Waals surface area (Å²) < 4.78 is 0. The third kappa shape index (κ3) is 4.11. The van der Waals surface area contributed by atoms with Crippen LogP contribution in [0.2, 0.25) is 0 Å². The largest absolute Gasteiger partial charge is 0.388 e. The van der Waals surface area contributed by atoms with E-state index in [1.165, 1.54) is 0 Å². The predicted molar refractivity (Wildman–Crippen MR) is 129 cm³/mol. The van der Waals surface area contributed by atoms with Gasteiger partial charge < -0.3 is 20.6 Å². The lowest BCUT2D eigenvalue weighted by atomic mass is 9.51. The van der Waals surface area contributed by atoms with E-state index in [1.54, 1.807) is 19.1 Å². The number of carbonyl (C=O) groups is 1. The maximum atomic E-state index is 13.8. The van der Waals surface area contributed by atoms with Crippen LogP contribution >= 0.6 is 0 Å². The molecule has 33 heavy (non-hydrogen) atoms. The summed E-state index contributed by atoms with van der Waals surface area (Å²) in [5.41, 5.74) is -0.544. The summed E-state index contributed by atoms with van der Waals surface area (Å²) in [6, 6.07) is 9.80. The zero-order valence-electron chi connectivity index (χ0n) is 19.8. The fraction of sp³-hybridized carbons (Fsp3) is 0.536. The topological polar surface area (TPSA) is 89.8 Å². The molecule has 2 fully saturated rings. The Balaban J connectivity index is 1.85. The molecule has 1 aromatic rings. The summed E-state index contributed by atoms with van der Waals surface area (Å²) in [7, 11) is 0. The SMILES string of the molecule is C=C1[C@@H](C)[C@H]2[C@H](Cc3ccccc3)NC(=O)[C@]23[C@H](O)C=C[C@@](C)(O)CC(C)C/C=C/[C@H]3[C@@H]1O. The van der Waals surface area contributed by atoms with Crippen molar-refractivity contribution >= 4 is 5.91 Å². The van der Waals surface area contributed by atoms with Crippen LogP contribution in [-0.4, -0.2) is 45.1 Å². The molecule has 5 nitrogen and oxygen atoms in total. The van der Waals surface area contributed by atoms with Crippen LogP contribution in [0, 0.1) is 29.1 Å². The van der Waals surface area contributed by atoms with Gasteiger partial charge in [-0.25, -0.2) is 0 Å². The number of hydrogen-bond donors (Lipinski definition) is 4. The molecule has 1 spiro atoms. The molecule has 0 radical (unpaired) electrons. The molecule has 1 aliphatic heterocycles. The molecule has 3 aliphatic rings. The standard InChI is InChI=1S/C28H37NO4/c1-17-9-8-12-21-25(31)19(3)18(2)24-22(15-20-10-6-5-7-11-20)29-26(32)28(21,24)23(30)13-14-27(4,33)16-17/h5-8,10-14,17-18,21-25,30-31,33H,3,9,15-16H2,1-2,4H3,(H,29,32)/b12-8+,14-13?/t17?,18-,21+,22+,23-,24+,25-,27-,28-/m1/s1. The predicted octanol–water partition coefficient (Wildman–Crippen LogP) is 3.17. The maximum Gasteiger partial charge on any atom is 0.230 e. The van der Waals surface area contributed by atoms with Gasteiger partial charge in [0.2, 0.25) is 5.91 Å². The van der Waals surface area contributed by atoms with Gasteiger partial charge in [-0.1, -0.05) is 75.1 Å². The number of amides is 1. The Hall–Kier alpha value is -2.21. The Kier molecular flexibility index (Phi) is 6.43. The highest BCUT2D eigenvalue weighted by atomic mass is 16.3. The van der Waals surface area contributed by atoms with Gasteiger partial charge in [-0.3, -0.25) is 4.79 Å². The van der Waals surface area contributed by atoms with Crippen molar-refractivity contribution in [2.24, 2.45) is 29.1 Å². The number of carbonyl (C=O) groups excluding carboxylic acids is 1. The van der Waals surface area contributed by atoms with Crippen LogP contribution in [0.3, 0.4) is 0 Å². The van der Waals surface area contributed by atoms with E-state index in [0.717, 1.165) is 5.56 Å². The van der Waals surface area contributed by atoms with E-state index < -0.39 is 29.1 Å². The molecule has 1 saturated carbocycles. The van der Waals surface area contributed by atoms with Crippen LogP contribution in [0.1, 0.15) is 39.2 Å². The van der Waals surface area contributed by atoms with Crippen LogP contribution < -0.4 is 5.32 Å². The van der Waals surface area contributed by atoms with Crippen LogP contribution in [0.15, 0.2) is 66.8 Å². The molecular weight excluding hydrogens is 414 g/mol. The summed E-state index contributed by atoms with van der Waals surface area (Å²) in [4.78, 5) is 13.8. The molecule has 1 saturated heterocycles. The third-order valence-corrected chi connectivity index (χ3v) is 8.16. The van der Waals surface area contributed by atoms with Gasteiger partial charge in [-0.05, 0) is 49.2 Å². The maximum absolute atomic E-state index is 13.8. The monoisotopic (exact) mass is 451 g/mol. The van der Waals surface area contributed by atoms with E-state index in [2.05, 4.69) is 18.8 Å². The van der Waals surface area contributed by atoms with Gasteiger partial charge in [0.1, 0.15) is 0 Å². The van der Waals surface area contributed by atoms with E-state index in [-0.39, 0.29) is 29.7 Å². The number of aliphatic hydroxyl groups is 3. The normalized spacial score (nSPS) is 44.4. The molecule has 1 amide bonds. The highest BCUT2D eigenvalue weighted by Gasteiger charge is 2.67. The molecule has 178 valence electrons. The van der Waals surface area contributed by atoms with Gasteiger partial charge >= 0.3 is 0 Å². The number of nitrogens with one attached hydrogen (secondary N) is 1. The Morgan fingerprint density at radius 1 is 1.15 bits per heavy atom. The van der Waals surface area contributed by atoms with Gasteiger partial charge in [0, 0.05) is 17.9 Å². The number of hydrogen-bond acceptors (Lipinski definition) is 4. The van der Waals surface area contributed by atoms with Crippen molar-refractivity contribution in [2.45, 2.75) is 63.9 Å². The van der Waals surface area contributed by atoms with Crippen LogP contribution in [-0.2, 0) is 11.2 Å². The molecule has 1 heterocycles. The molecule has 0 bridgehead atoms. The fourth-order valence-electron chi connectivity index (χ4n) is 6.61. The zero-order valence-corrected chi connectivity index (χ0v) is 19.8. The lowest BCUT2D eigenvalue weighted by Crippen LogP contribution is -2.59. The van der Waals surface area contributed by atoms with Crippen LogP contribution in [0.25, 0.3) is 0 Å². The summed E-state index contributed by atoms with van der Waals surface area (Å²) in [5, 5.41) is 37.0. The van der Waals surface area contributed by atoms with Gasteiger partial charge in [0.25, 0.3) is 0 Å². The van der Waals surface area contributed by atoms with Crippen molar-refractivity contribution in [1.82, 2.24) is 5.32 Å². The second-order valence-electron chi connectivity index (χ2n) is 10.7. The minimum absolute atomic E-state index is 0.176. The highest BCUT2D eigenvalue weighted by molar-refractivity contribution is 5.88. The number of benzene rings is 1. The number of rotatable bonds is 2. The molecule has 2 aliphatic carbocycles. The van der Waals surface area contributed by atoms with E-state index >= 15 is 0 Å². The van der Waals surface area contributed by atoms with E-state index in [4.69, 9.17) is 0 Å². The van der Waals surface area contributed by atoms with Crippen molar-refractivity contribution in [1.29, 1.82) is 0 Å². The Bertz CT molecular complexity index is 952. The quantitative estimate of drug-likeness (QED) is 0.520. The molecule has 0 aromatic heterocycles. The van der Waals surface area contributed by atoms with Crippen LogP contribution in [0.4, 0.5) is 0 Å². The molecule has 1 aromatic carbocycles. The summed E-state index contributed by atoms with van der Waals surface area (Å²) in [6.07, 6.45) is 6.88. The smallest absolute Gasteiger partial charge is 0.230 e. The number of allylic oxidation sites excluding steroid dienone is 1. The Morgan fingerprint density at radius 2 is 1.85 bits per heavy atom. The van der Waals surface area contributed by atoms with E-state index in [0.29, 0.717) is 24.8 Å². The minimum Gasteiger partial charge on any atom is -0.388 e. The number of aliphatic hydroxyl groups excluding tert-OH is 2. The second-order valence-corrected chi connectivity index (χ2v) is 10.7. The first-order valence-corrected chi connectivity index (χ1v) is 12.1. The highest BCUT2D eigenvalue weighted by Crippen LogP contribution is 2.57. The lowest BCUT2D eigenvalue weighted by molar-refractivity contribution is -0.147. The average Bonchev–Trinajstić information content (AvgIpc) is 3.04. The van der Waals surface area contributed by atoms with E-state index in [1.807, 2.05) is 49.4 Å². The van der Waals surface area contributed by atoms with Crippen LogP contribution in [0.5, 0.6) is 0 Å². The lowest BCUT2D eigenvalue weighted by Gasteiger charge is -2.51. The molecule has 1 unspecified atom stereocenters. The van der Waals surface area contributed by atoms with E-state index in [9.17, 15) is 20.1 Å².